The van der Waals surface area contributed by atoms with E-state index in [1.165, 1.54) is 22.0 Å². The molecule has 3 aromatic carbocycles. The fraction of sp³-hybridized carbons (Fsp3) is 0.257. The van der Waals surface area contributed by atoms with Crippen molar-refractivity contribution in [3.8, 4) is 0 Å². The van der Waals surface area contributed by atoms with Crippen LogP contribution in [0, 0.1) is 0 Å². The van der Waals surface area contributed by atoms with Crippen molar-refractivity contribution < 1.29 is 0 Å². The van der Waals surface area contributed by atoms with Gasteiger partial charge >= 0.3 is 0 Å². The smallest absolute Gasteiger partial charge is 0.0890 e. The number of hydrogen-bond acceptors (Lipinski definition) is 4. The highest BCUT2D eigenvalue weighted by molar-refractivity contribution is 5.79. The molecule has 0 amide bonds. The van der Waals surface area contributed by atoms with Crippen LogP contribution in [-0.2, 0) is 0 Å². The van der Waals surface area contributed by atoms with Gasteiger partial charge in [-0.3, -0.25) is 15.0 Å². The number of fused-ring (bicyclic) bond motifs is 3. The molecule has 0 aliphatic carbocycles. The Morgan fingerprint density at radius 1 is 0.462 bits per heavy atom. The number of benzene rings is 3. The van der Waals surface area contributed by atoms with Crippen molar-refractivity contribution in [2.24, 2.45) is 0 Å². The Morgan fingerprint density at radius 2 is 1.10 bits per heavy atom. The Kier molecular flexibility index (Phi) is 9.32. The summed E-state index contributed by atoms with van der Waals surface area (Å²) in [6.45, 7) is 13.0. The van der Waals surface area contributed by atoms with E-state index < -0.39 is 0 Å². The highest BCUT2D eigenvalue weighted by atomic mass is 14.8. The van der Waals surface area contributed by atoms with Gasteiger partial charge in [0.15, 0.2) is 0 Å². The van der Waals surface area contributed by atoms with Gasteiger partial charge in [0.2, 0.25) is 0 Å². The van der Waals surface area contributed by atoms with Gasteiger partial charge in [0.05, 0.1) is 27.8 Å². The molecule has 0 bridgehead atoms. The van der Waals surface area contributed by atoms with Crippen LogP contribution in [0.2, 0.25) is 0 Å². The quantitative estimate of drug-likeness (QED) is 0.236. The maximum Gasteiger partial charge on any atom is 0.0890 e. The zero-order valence-electron chi connectivity index (χ0n) is 23.8. The van der Waals surface area contributed by atoms with Gasteiger partial charge in [-0.2, -0.15) is 0 Å². The first kappa shape index (κ1) is 27.8. The molecular weight excluding hydrogens is 476 g/mol. The number of hydrogen-bond donors (Lipinski definition) is 0. The zero-order chi connectivity index (χ0) is 27.8. The fourth-order valence-corrected chi connectivity index (χ4v) is 4.11. The fourth-order valence-electron chi connectivity index (χ4n) is 4.11. The van der Waals surface area contributed by atoms with Gasteiger partial charge in [0.25, 0.3) is 0 Å². The molecule has 0 saturated heterocycles. The van der Waals surface area contributed by atoms with Crippen LogP contribution in [0.25, 0.3) is 32.8 Å². The minimum absolute atomic E-state index is 0.442. The molecule has 6 rings (SSSR count). The second kappa shape index (κ2) is 13.1. The Bertz CT molecular complexity index is 1460. The first-order valence-corrected chi connectivity index (χ1v) is 13.7. The molecule has 0 fully saturated rings. The minimum atomic E-state index is 0.442. The van der Waals surface area contributed by atoms with E-state index in [2.05, 4.69) is 110 Å². The van der Waals surface area contributed by atoms with E-state index in [4.69, 9.17) is 0 Å². The third kappa shape index (κ3) is 7.44. The molecule has 6 aromatic rings. The van der Waals surface area contributed by atoms with Crippen LogP contribution in [0.1, 0.15) is 76.2 Å². The average Bonchev–Trinajstić information content (AvgIpc) is 2.97. The molecule has 0 atom stereocenters. The van der Waals surface area contributed by atoms with Crippen LogP contribution in [0.4, 0.5) is 0 Å². The molecule has 0 radical (unpaired) electrons. The lowest BCUT2D eigenvalue weighted by Crippen LogP contribution is -1.94. The van der Waals surface area contributed by atoms with E-state index in [1.807, 2.05) is 54.9 Å². The summed E-state index contributed by atoms with van der Waals surface area (Å²) < 4.78 is 0. The van der Waals surface area contributed by atoms with Crippen molar-refractivity contribution in [1.29, 1.82) is 0 Å². The summed E-state index contributed by atoms with van der Waals surface area (Å²) >= 11 is 0. The summed E-state index contributed by atoms with van der Waals surface area (Å²) in [5, 5.41) is 2.45. The summed E-state index contributed by atoms with van der Waals surface area (Å²) in [6.07, 6.45) is 3.68. The zero-order valence-corrected chi connectivity index (χ0v) is 23.8. The lowest BCUT2D eigenvalue weighted by molar-refractivity contribution is 0.822. The van der Waals surface area contributed by atoms with Crippen LogP contribution in [0.5, 0.6) is 0 Å². The normalized spacial score (nSPS) is 11.0. The third-order valence-corrected chi connectivity index (χ3v) is 6.56. The Hall–Kier alpha value is -4.18. The van der Waals surface area contributed by atoms with Gasteiger partial charge < -0.3 is 0 Å². The largest absolute Gasteiger partial charge is 0.256 e. The lowest BCUT2D eigenvalue weighted by atomic mass is 10.0. The number of rotatable bonds is 3. The predicted octanol–water partition coefficient (Wildman–Crippen LogP) is 9.47. The Balaban J connectivity index is 0.000000136. The lowest BCUT2D eigenvalue weighted by Gasteiger charge is -2.05. The van der Waals surface area contributed by atoms with E-state index in [0.29, 0.717) is 17.8 Å². The SMILES string of the molecule is CC(C)c1ccc2ccccc2n1.CC(C)c1ccc2ncccc2c1.CC(C)c1cnc2ccccc2n1. The van der Waals surface area contributed by atoms with Crippen LogP contribution in [0.15, 0.2) is 103 Å². The summed E-state index contributed by atoms with van der Waals surface area (Å²) in [5.41, 5.74) is 7.71. The molecule has 4 nitrogen and oxygen atoms in total. The molecule has 0 aliphatic heterocycles. The maximum atomic E-state index is 4.57. The number of aromatic nitrogens is 4. The van der Waals surface area contributed by atoms with Crippen LogP contribution in [-0.4, -0.2) is 19.9 Å². The van der Waals surface area contributed by atoms with Crippen molar-refractivity contribution in [1.82, 2.24) is 19.9 Å². The number of pyridine rings is 2. The molecule has 4 heteroatoms. The Labute approximate surface area is 232 Å². The number of nitrogens with zero attached hydrogens (tertiary/aromatic N) is 4. The molecule has 0 N–H and O–H groups in total. The Morgan fingerprint density at radius 3 is 1.82 bits per heavy atom. The van der Waals surface area contributed by atoms with E-state index in [0.717, 1.165) is 27.8 Å². The average molecular weight is 515 g/mol. The summed E-state index contributed by atoms with van der Waals surface area (Å²) in [6, 6.07) is 30.9. The second-order valence-electron chi connectivity index (χ2n) is 10.6. The van der Waals surface area contributed by atoms with E-state index in [-0.39, 0.29) is 0 Å². The first-order chi connectivity index (χ1) is 18.8. The van der Waals surface area contributed by atoms with Gasteiger partial charge in [-0.25, -0.2) is 4.98 Å². The van der Waals surface area contributed by atoms with Crippen molar-refractivity contribution in [3.63, 3.8) is 0 Å². The monoisotopic (exact) mass is 514 g/mol. The molecule has 39 heavy (non-hydrogen) atoms. The van der Waals surface area contributed by atoms with Gasteiger partial charge in [-0.05, 0) is 65.8 Å². The van der Waals surface area contributed by atoms with E-state index in [1.54, 1.807) is 0 Å². The third-order valence-electron chi connectivity index (χ3n) is 6.56. The van der Waals surface area contributed by atoms with E-state index in [9.17, 15) is 0 Å². The second-order valence-corrected chi connectivity index (χ2v) is 10.6. The highest BCUT2D eigenvalue weighted by Crippen LogP contribution is 2.20. The van der Waals surface area contributed by atoms with Gasteiger partial charge in [-0.15, -0.1) is 0 Å². The number of para-hydroxylation sites is 3. The highest BCUT2D eigenvalue weighted by Gasteiger charge is 2.03. The minimum Gasteiger partial charge on any atom is -0.256 e. The van der Waals surface area contributed by atoms with Gasteiger partial charge in [-0.1, -0.05) is 90.1 Å². The maximum absolute atomic E-state index is 4.57. The van der Waals surface area contributed by atoms with Crippen LogP contribution < -0.4 is 0 Å². The molecule has 0 saturated carbocycles. The molecular formula is C35H38N4. The van der Waals surface area contributed by atoms with Crippen molar-refractivity contribution in [2.75, 3.05) is 0 Å². The summed E-state index contributed by atoms with van der Waals surface area (Å²) in [4.78, 5) is 17.7. The molecule has 3 heterocycles. The van der Waals surface area contributed by atoms with Gasteiger partial charge in [0, 0.05) is 28.9 Å². The molecule has 0 aliphatic rings. The van der Waals surface area contributed by atoms with Crippen LogP contribution >= 0.6 is 0 Å². The van der Waals surface area contributed by atoms with E-state index >= 15 is 0 Å². The van der Waals surface area contributed by atoms with Crippen molar-refractivity contribution >= 4 is 32.8 Å². The predicted molar refractivity (Wildman–Crippen MR) is 165 cm³/mol. The summed E-state index contributed by atoms with van der Waals surface area (Å²) in [5.74, 6) is 1.53. The summed E-state index contributed by atoms with van der Waals surface area (Å²) in [7, 11) is 0. The van der Waals surface area contributed by atoms with Crippen molar-refractivity contribution in [2.45, 2.75) is 59.3 Å². The van der Waals surface area contributed by atoms with Crippen LogP contribution in [0.3, 0.4) is 0 Å². The van der Waals surface area contributed by atoms with Crippen molar-refractivity contribution in [3.05, 3.63) is 120 Å². The van der Waals surface area contributed by atoms with Gasteiger partial charge in [0.1, 0.15) is 0 Å². The molecule has 0 spiro atoms. The first-order valence-electron chi connectivity index (χ1n) is 13.7. The molecule has 198 valence electrons. The topological polar surface area (TPSA) is 51.6 Å². The standard InChI is InChI=1S/2C12H13N.C11H12N2/c1-9(2)10-5-6-12-11(8-10)4-3-7-13-12;1-9(2)11-8-7-10-5-3-4-6-12(10)13-11;1-8(2)11-7-12-9-5-3-4-6-10(9)13-11/h2*3-9H,1-2H3;3-8H,1-2H3. The molecule has 3 aromatic heterocycles. The molecule has 0 unspecified atom stereocenters.